The van der Waals surface area contributed by atoms with E-state index in [0.29, 0.717) is 11.4 Å². The zero-order valence-corrected chi connectivity index (χ0v) is 10.6. The molecule has 2 heterocycles. The van der Waals surface area contributed by atoms with Gasteiger partial charge >= 0.3 is 0 Å². The van der Waals surface area contributed by atoms with Crippen LogP contribution in [0.5, 0.6) is 5.75 Å². The number of aliphatic hydroxyl groups is 1. The van der Waals surface area contributed by atoms with E-state index in [1.807, 2.05) is 6.92 Å². The minimum absolute atomic E-state index is 0.00281. The molecule has 0 unspecified atom stereocenters. The van der Waals surface area contributed by atoms with Crippen molar-refractivity contribution in [2.24, 2.45) is 0 Å². The Balaban J connectivity index is 1.95. The summed E-state index contributed by atoms with van der Waals surface area (Å²) in [6, 6.07) is 3.54. The molecule has 0 atom stereocenters. The lowest BCUT2D eigenvalue weighted by molar-refractivity contribution is -0.132. The second-order valence-electron chi connectivity index (χ2n) is 4.43. The predicted molar refractivity (Wildman–Crippen MR) is 66.2 cm³/mol. The van der Waals surface area contributed by atoms with E-state index in [9.17, 15) is 9.90 Å². The van der Waals surface area contributed by atoms with Gasteiger partial charge in [0.05, 0.1) is 6.61 Å². The summed E-state index contributed by atoms with van der Waals surface area (Å²) < 4.78 is 5.44. The second-order valence-corrected chi connectivity index (χ2v) is 4.43. The summed E-state index contributed by atoms with van der Waals surface area (Å²) in [7, 11) is 0. The Hall–Kier alpha value is -1.62. The highest BCUT2D eigenvalue weighted by atomic mass is 16.5. The summed E-state index contributed by atoms with van der Waals surface area (Å²) in [5.41, 5.74) is 1.29. The molecule has 2 rings (SSSR count). The molecule has 1 N–H and O–H groups in total. The summed E-state index contributed by atoms with van der Waals surface area (Å²) in [5, 5.41) is 9.18. The van der Waals surface area contributed by atoms with Crippen molar-refractivity contribution in [2.75, 3.05) is 19.7 Å². The Morgan fingerprint density at radius 1 is 1.44 bits per heavy atom. The van der Waals surface area contributed by atoms with Crippen LogP contribution in [0.3, 0.4) is 0 Å². The molecule has 1 fully saturated rings. The van der Waals surface area contributed by atoms with Crippen molar-refractivity contribution in [2.45, 2.75) is 26.4 Å². The van der Waals surface area contributed by atoms with Crippen molar-refractivity contribution in [3.63, 3.8) is 0 Å². The van der Waals surface area contributed by atoms with Crippen molar-refractivity contribution < 1.29 is 14.6 Å². The number of aryl methyl sites for hydroxylation is 1. The fraction of sp³-hybridized carbons (Fsp3) is 0.538. The van der Waals surface area contributed by atoms with Gasteiger partial charge in [-0.1, -0.05) is 0 Å². The first-order valence-electron chi connectivity index (χ1n) is 6.18. The summed E-state index contributed by atoms with van der Waals surface area (Å²) in [4.78, 5) is 17.8. The third-order valence-electron chi connectivity index (χ3n) is 3.03. The van der Waals surface area contributed by atoms with Gasteiger partial charge in [0.2, 0.25) is 0 Å². The Bertz CT molecular complexity index is 428. The van der Waals surface area contributed by atoms with Crippen LogP contribution in [0.1, 0.15) is 24.2 Å². The molecule has 0 spiro atoms. The van der Waals surface area contributed by atoms with Crippen LogP contribution in [0.15, 0.2) is 12.1 Å². The molecule has 5 nitrogen and oxygen atoms in total. The Morgan fingerprint density at radius 3 is 2.83 bits per heavy atom. The molecule has 1 amide bonds. The monoisotopic (exact) mass is 250 g/mol. The van der Waals surface area contributed by atoms with Gasteiger partial charge in [-0.05, 0) is 31.9 Å². The average Bonchev–Trinajstić information content (AvgIpc) is 2.90. The van der Waals surface area contributed by atoms with Gasteiger partial charge in [0, 0.05) is 18.8 Å². The molecule has 0 aliphatic carbocycles. The molecule has 0 aromatic carbocycles. The maximum Gasteiger partial charge on any atom is 0.260 e. The van der Waals surface area contributed by atoms with Crippen molar-refractivity contribution in [1.29, 1.82) is 0 Å². The van der Waals surface area contributed by atoms with Crippen LogP contribution in [-0.4, -0.2) is 40.6 Å². The van der Waals surface area contributed by atoms with E-state index in [-0.39, 0.29) is 19.1 Å². The normalized spacial score (nSPS) is 14.9. The van der Waals surface area contributed by atoms with E-state index >= 15 is 0 Å². The summed E-state index contributed by atoms with van der Waals surface area (Å²) in [6.45, 7) is 3.31. The number of hydrogen-bond donors (Lipinski definition) is 1. The van der Waals surface area contributed by atoms with Gasteiger partial charge in [-0.3, -0.25) is 9.78 Å². The van der Waals surface area contributed by atoms with Crippen LogP contribution in [0.4, 0.5) is 0 Å². The van der Waals surface area contributed by atoms with E-state index in [2.05, 4.69) is 4.98 Å². The van der Waals surface area contributed by atoms with Crippen molar-refractivity contribution in [3.05, 3.63) is 23.5 Å². The molecule has 1 aromatic rings. The highest BCUT2D eigenvalue weighted by molar-refractivity contribution is 5.78. The Labute approximate surface area is 106 Å². The molecular weight excluding hydrogens is 232 g/mol. The van der Waals surface area contributed by atoms with E-state index in [1.165, 1.54) is 0 Å². The molecule has 0 saturated carbocycles. The quantitative estimate of drug-likeness (QED) is 0.861. The number of pyridine rings is 1. The molecule has 1 aliphatic rings. The summed E-state index contributed by atoms with van der Waals surface area (Å²) >= 11 is 0. The SMILES string of the molecule is Cc1ccc(OCC(=O)N2CCCC2)c(CO)n1. The van der Waals surface area contributed by atoms with Crippen LogP contribution < -0.4 is 4.74 Å². The lowest BCUT2D eigenvalue weighted by atomic mass is 10.3. The van der Waals surface area contributed by atoms with Gasteiger partial charge in [0.15, 0.2) is 6.61 Å². The van der Waals surface area contributed by atoms with Crippen LogP contribution >= 0.6 is 0 Å². The molecular formula is C13H18N2O3. The minimum Gasteiger partial charge on any atom is -0.482 e. The van der Waals surface area contributed by atoms with Gasteiger partial charge in [0.25, 0.3) is 5.91 Å². The number of likely N-dealkylation sites (tertiary alicyclic amines) is 1. The van der Waals surface area contributed by atoms with Gasteiger partial charge in [-0.25, -0.2) is 0 Å². The van der Waals surface area contributed by atoms with Gasteiger partial charge in [-0.2, -0.15) is 0 Å². The zero-order chi connectivity index (χ0) is 13.0. The second kappa shape index (κ2) is 5.82. The number of ether oxygens (including phenoxy) is 1. The molecule has 0 radical (unpaired) electrons. The minimum atomic E-state index is -0.186. The number of hydrogen-bond acceptors (Lipinski definition) is 4. The molecule has 5 heteroatoms. The molecule has 0 bridgehead atoms. The van der Waals surface area contributed by atoms with Crippen molar-refractivity contribution in [1.82, 2.24) is 9.88 Å². The van der Waals surface area contributed by atoms with Crippen LogP contribution in [0, 0.1) is 6.92 Å². The first kappa shape index (κ1) is 12.8. The third kappa shape index (κ3) is 2.98. The predicted octanol–water partition coefficient (Wildman–Crippen LogP) is 0.884. The van der Waals surface area contributed by atoms with E-state index in [4.69, 9.17) is 4.74 Å². The van der Waals surface area contributed by atoms with E-state index in [0.717, 1.165) is 31.6 Å². The number of aromatic nitrogens is 1. The fourth-order valence-corrected chi connectivity index (χ4v) is 2.04. The molecule has 98 valence electrons. The Kier molecular flexibility index (Phi) is 4.15. The maximum atomic E-state index is 11.8. The van der Waals surface area contributed by atoms with Gasteiger partial charge in [-0.15, -0.1) is 0 Å². The first-order chi connectivity index (χ1) is 8.70. The maximum absolute atomic E-state index is 11.8. The Morgan fingerprint density at radius 2 is 2.17 bits per heavy atom. The number of aliphatic hydroxyl groups excluding tert-OH is 1. The highest BCUT2D eigenvalue weighted by Gasteiger charge is 2.18. The van der Waals surface area contributed by atoms with Crippen molar-refractivity contribution >= 4 is 5.91 Å². The first-order valence-corrected chi connectivity index (χ1v) is 6.18. The topological polar surface area (TPSA) is 62.7 Å². The fourth-order valence-electron chi connectivity index (χ4n) is 2.04. The lowest BCUT2D eigenvalue weighted by Gasteiger charge is -2.16. The van der Waals surface area contributed by atoms with Gasteiger partial charge < -0.3 is 14.7 Å². The number of amides is 1. The standard InChI is InChI=1S/C13H18N2O3/c1-10-4-5-12(11(8-16)14-10)18-9-13(17)15-6-2-3-7-15/h4-5,16H,2-3,6-9H2,1H3. The van der Waals surface area contributed by atoms with Crippen LogP contribution in [0.2, 0.25) is 0 Å². The number of carbonyl (C=O) groups excluding carboxylic acids is 1. The van der Waals surface area contributed by atoms with Gasteiger partial charge in [0.1, 0.15) is 11.4 Å². The zero-order valence-electron chi connectivity index (χ0n) is 10.6. The smallest absolute Gasteiger partial charge is 0.260 e. The molecule has 18 heavy (non-hydrogen) atoms. The summed E-state index contributed by atoms with van der Waals surface area (Å²) in [6.07, 6.45) is 2.14. The highest BCUT2D eigenvalue weighted by Crippen LogP contribution is 2.17. The molecule has 1 saturated heterocycles. The summed E-state index contributed by atoms with van der Waals surface area (Å²) in [5.74, 6) is 0.479. The average molecular weight is 250 g/mol. The van der Waals surface area contributed by atoms with Crippen LogP contribution in [-0.2, 0) is 11.4 Å². The molecule has 1 aliphatic heterocycles. The lowest BCUT2D eigenvalue weighted by Crippen LogP contribution is -2.32. The third-order valence-corrected chi connectivity index (χ3v) is 3.03. The van der Waals surface area contributed by atoms with E-state index in [1.54, 1.807) is 17.0 Å². The van der Waals surface area contributed by atoms with E-state index < -0.39 is 0 Å². The molecule has 1 aromatic heterocycles. The number of nitrogens with zero attached hydrogens (tertiary/aromatic N) is 2. The number of rotatable bonds is 4. The van der Waals surface area contributed by atoms with Crippen molar-refractivity contribution in [3.8, 4) is 5.75 Å². The van der Waals surface area contributed by atoms with Crippen LogP contribution in [0.25, 0.3) is 0 Å². The number of carbonyl (C=O) groups is 1. The largest absolute Gasteiger partial charge is 0.482 e.